The molecule has 1 rings (SSSR count). The summed E-state index contributed by atoms with van der Waals surface area (Å²) in [5.74, 6) is -1.51. The number of anilines is 1. The Labute approximate surface area is 158 Å². The zero-order valence-corrected chi connectivity index (χ0v) is 17.4. The summed E-state index contributed by atoms with van der Waals surface area (Å²) < 4.78 is 2.63. The Morgan fingerprint density at radius 1 is 1.30 bits per heavy atom. The molecule has 0 radical (unpaired) electrons. The molecule has 0 heterocycles. The zero-order chi connectivity index (χ0) is 15.4. The van der Waals surface area contributed by atoms with Gasteiger partial charge in [0.15, 0.2) is 0 Å². The minimum Gasteiger partial charge on any atom is -0.481 e. The summed E-state index contributed by atoms with van der Waals surface area (Å²) in [6.45, 7) is 3.61. The number of hydrogen-bond donors (Lipinski definition) is 2. The molecular formula is C13H14I3NO3. The molecule has 0 bridgehead atoms. The normalized spacial score (nSPS) is 12.1. The largest absolute Gasteiger partial charge is 0.481 e. The summed E-state index contributed by atoms with van der Waals surface area (Å²) in [5.41, 5.74) is 1.47. The van der Waals surface area contributed by atoms with Crippen LogP contribution < -0.4 is 5.32 Å². The van der Waals surface area contributed by atoms with E-state index in [-0.39, 0.29) is 5.91 Å². The highest BCUT2D eigenvalue weighted by atomic mass is 127. The molecule has 0 fully saturated rings. The molecule has 1 atom stereocenters. The van der Waals surface area contributed by atoms with Gasteiger partial charge in [0.1, 0.15) is 0 Å². The number of amides is 1. The maximum atomic E-state index is 11.8. The number of aliphatic carboxylic acids is 1. The lowest BCUT2D eigenvalue weighted by Gasteiger charge is -2.17. The van der Waals surface area contributed by atoms with Crippen molar-refractivity contribution in [3.8, 4) is 0 Å². The van der Waals surface area contributed by atoms with Gasteiger partial charge in [0, 0.05) is 17.1 Å². The molecule has 2 N–H and O–H groups in total. The SMILES string of the molecule is CCCC(=O)Nc1c(I)cc(I)c(C(C)C(=O)O)c1I. The molecule has 0 saturated carbocycles. The second-order valence-corrected chi connectivity index (χ2v) is 7.70. The Bertz CT molecular complexity index is 546. The molecule has 1 amide bonds. The van der Waals surface area contributed by atoms with Gasteiger partial charge in [0.2, 0.25) is 5.91 Å². The number of carboxylic acid groups (broad SMARTS) is 1. The number of hydrogen-bond acceptors (Lipinski definition) is 2. The van der Waals surface area contributed by atoms with E-state index in [2.05, 4.69) is 73.1 Å². The molecular weight excluding hydrogens is 599 g/mol. The summed E-state index contributed by atoms with van der Waals surface area (Å²) in [5, 5.41) is 12.1. The molecule has 1 aromatic carbocycles. The van der Waals surface area contributed by atoms with Crippen LogP contribution in [-0.4, -0.2) is 17.0 Å². The lowest BCUT2D eigenvalue weighted by molar-refractivity contribution is -0.138. The highest BCUT2D eigenvalue weighted by Crippen LogP contribution is 2.36. The lowest BCUT2D eigenvalue weighted by atomic mass is 10.0. The van der Waals surface area contributed by atoms with Crippen LogP contribution in [-0.2, 0) is 9.59 Å². The van der Waals surface area contributed by atoms with Gasteiger partial charge in [0.05, 0.1) is 11.6 Å². The number of carboxylic acids is 1. The monoisotopic (exact) mass is 613 g/mol. The molecule has 4 nitrogen and oxygen atoms in total. The number of nitrogens with one attached hydrogen (secondary N) is 1. The molecule has 0 saturated heterocycles. The number of rotatable bonds is 5. The van der Waals surface area contributed by atoms with Crippen LogP contribution in [0.2, 0.25) is 0 Å². The molecule has 0 spiro atoms. The molecule has 1 unspecified atom stereocenters. The van der Waals surface area contributed by atoms with Crippen LogP contribution in [0.25, 0.3) is 0 Å². The molecule has 20 heavy (non-hydrogen) atoms. The van der Waals surface area contributed by atoms with Crippen LogP contribution in [0.15, 0.2) is 6.07 Å². The van der Waals surface area contributed by atoms with E-state index in [1.807, 2.05) is 13.0 Å². The van der Waals surface area contributed by atoms with E-state index in [4.69, 9.17) is 0 Å². The van der Waals surface area contributed by atoms with Crippen LogP contribution in [0.5, 0.6) is 0 Å². The van der Waals surface area contributed by atoms with Crippen LogP contribution in [0.1, 0.15) is 38.2 Å². The Morgan fingerprint density at radius 3 is 2.40 bits per heavy atom. The Hall–Kier alpha value is 0.350. The van der Waals surface area contributed by atoms with Crippen LogP contribution >= 0.6 is 67.8 Å². The van der Waals surface area contributed by atoms with Gasteiger partial charge in [0.25, 0.3) is 0 Å². The first-order valence-corrected chi connectivity index (χ1v) is 9.23. The number of benzene rings is 1. The molecule has 0 aromatic heterocycles. The maximum absolute atomic E-state index is 11.8. The molecule has 0 aliphatic rings. The van der Waals surface area contributed by atoms with Crippen LogP contribution in [0, 0.1) is 10.7 Å². The van der Waals surface area contributed by atoms with Crippen molar-refractivity contribution in [2.45, 2.75) is 32.6 Å². The predicted octanol–water partition coefficient (Wildman–Crippen LogP) is 4.43. The summed E-state index contributed by atoms with van der Waals surface area (Å²) in [4.78, 5) is 23.0. The van der Waals surface area contributed by atoms with Gasteiger partial charge >= 0.3 is 5.97 Å². The quantitative estimate of drug-likeness (QED) is 0.484. The van der Waals surface area contributed by atoms with Crippen molar-refractivity contribution >= 4 is 85.3 Å². The third-order valence-corrected chi connectivity index (χ3v) is 5.61. The third-order valence-electron chi connectivity index (χ3n) is 2.75. The van der Waals surface area contributed by atoms with E-state index in [1.165, 1.54) is 0 Å². The maximum Gasteiger partial charge on any atom is 0.310 e. The summed E-state index contributed by atoms with van der Waals surface area (Å²) in [6, 6.07) is 1.90. The minimum atomic E-state index is -0.868. The van der Waals surface area contributed by atoms with Gasteiger partial charge in [-0.15, -0.1) is 0 Å². The highest BCUT2D eigenvalue weighted by molar-refractivity contribution is 14.1. The van der Waals surface area contributed by atoms with Crippen molar-refractivity contribution in [2.75, 3.05) is 5.32 Å². The second-order valence-electron chi connectivity index (χ2n) is 4.30. The van der Waals surface area contributed by atoms with E-state index in [1.54, 1.807) is 6.92 Å². The fraction of sp³-hybridized carbons (Fsp3) is 0.385. The molecule has 110 valence electrons. The van der Waals surface area contributed by atoms with Crippen molar-refractivity contribution in [1.29, 1.82) is 0 Å². The van der Waals surface area contributed by atoms with Gasteiger partial charge in [-0.3, -0.25) is 9.59 Å². The van der Waals surface area contributed by atoms with Crippen molar-refractivity contribution in [1.82, 2.24) is 0 Å². The fourth-order valence-electron chi connectivity index (χ4n) is 1.67. The van der Waals surface area contributed by atoms with Gasteiger partial charge < -0.3 is 10.4 Å². The third kappa shape index (κ3) is 4.42. The van der Waals surface area contributed by atoms with E-state index in [0.29, 0.717) is 12.1 Å². The van der Waals surface area contributed by atoms with Crippen molar-refractivity contribution in [2.24, 2.45) is 0 Å². The summed E-state index contributed by atoms with van der Waals surface area (Å²) in [7, 11) is 0. The number of halogens is 3. The molecule has 1 aromatic rings. The number of carbonyl (C=O) groups excluding carboxylic acids is 1. The summed E-state index contributed by atoms with van der Waals surface area (Å²) in [6.07, 6.45) is 1.24. The smallest absolute Gasteiger partial charge is 0.310 e. The van der Waals surface area contributed by atoms with Crippen LogP contribution in [0.3, 0.4) is 0 Å². The molecule has 0 aliphatic heterocycles. The minimum absolute atomic E-state index is 0.0431. The average Bonchev–Trinajstić information content (AvgIpc) is 2.34. The average molecular weight is 613 g/mol. The van der Waals surface area contributed by atoms with Gasteiger partial charge in [-0.2, -0.15) is 0 Å². The first kappa shape index (κ1) is 18.4. The Morgan fingerprint density at radius 2 is 1.90 bits per heavy atom. The lowest BCUT2D eigenvalue weighted by Crippen LogP contribution is -2.17. The van der Waals surface area contributed by atoms with Gasteiger partial charge in [-0.1, -0.05) is 6.92 Å². The van der Waals surface area contributed by atoms with Crippen molar-refractivity contribution < 1.29 is 14.7 Å². The first-order valence-electron chi connectivity index (χ1n) is 5.99. The van der Waals surface area contributed by atoms with Gasteiger partial charge in [-0.05, 0) is 92.7 Å². The first-order chi connectivity index (χ1) is 9.29. The fourth-order valence-corrected chi connectivity index (χ4v) is 6.24. The van der Waals surface area contributed by atoms with Crippen molar-refractivity contribution in [3.63, 3.8) is 0 Å². The van der Waals surface area contributed by atoms with E-state index in [9.17, 15) is 14.7 Å². The van der Waals surface area contributed by atoms with E-state index in [0.717, 1.165) is 22.7 Å². The van der Waals surface area contributed by atoms with Gasteiger partial charge in [-0.25, -0.2) is 0 Å². The zero-order valence-electron chi connectivity index (χ0n) is 11.0. The number of carbonyl (C=O) groups is 2. The molecule has 0 aliphatic carbocycles. The predicted molar refractivity (Wildman–Crippen MR) is 104 cm³/mol. The van der Waals surface area contributed by atoms with Crippen molar-refractivity contribution in [3.05, 3.63) is 22.3 Å². The highest BCUT2D eigenvalue weighted by Gasteiger charge is 2.23. The standard InChI is InChI=1S/C13H14I3NO3/c1-3-4-9(18)17-12-8(15)5-7(14)10(11(12)16)6(2)13(19)20/h5-6H,3-4H2,1-2H3,(H,17,18)(H,19,20). The Kier molecular flexibility index (Phi) is 7.46. The van der Waals surface area contributed by atoms with E-state index < -0.39 is 11.9 Å². The Balaban J connectivity index is 3.29. The van der Waals surface area contributed by atoms with Crippen LogP contribution in [0.4, 0.5) is 5.69 Å². The molecule has 7 heteroatoms. The topological polar surface area (TPSA) is 66.4 Å². The summed E-state index contributed by atoms with van der Waals surface area (Å²) >= 11 is 6.42. The second kappa shape index (κ2) is 8.11. The van der Waals surface area contributed by atoms with E-state index >= 15 is 0 Å².